The summed E-state index contributed by atoms with van der Waals surface area (Å²) in [7, 11) is 3.15. The molecule has 3 rings (SSSR count). The Morgan fingerprint density at radius 1 is 1.36 bits per heavy atom. The molecule has 1 aliphatic carbocycles. The van der Waals surface area contributed by atoms with E-state index in [1.165, 1.54) is 6.08 Å². The fourth-order valence-corrected chi connectivity index (χ4v) is 4.17. The number of allylic oxidation sites excluding steroid dienone is 2. The van der Waals surface area contributed by atoms with Crippen molar-refractivity contribution in [1.29, 1.82) is 0 Å². The summed E-state index contributed by atoms with van der Waals surface area (Å²) in [6.45, 7) is 5.82. The van der Waals surface area contributed by atoms with Crippen molar-refractivity contribution in [1.82, 2.24) is 0 Å². The van der Waals surface area contributed by atoms with Gasteiger partial charge in [0.25, 0.3) is 0 Å². The van der Waals surface area contributed by atoms with Gasteiger partial charge in [0.05, 0.1) is 20.3 Å². The summed E-state index contributed by atoms with van der Waals surface area (Å²) in [6.07, 6.45) is 5.58. The Bertz CT molecular complexity index is 725. The summed E-state index contributed by atoms with van der Waals surface area (Å²) in [5.41, 5.74) is 0.113. The highest BCUT2D eigenvalue weighted by molar-refractivity contribution is 5.97. The minimum atomic E-state index is -1.84. The summed E-state index contributed by atoms with van der Waals surface area (Å²) in [6, 6.07) is 5.51. The molecule has 134 valence electrons. The second-order valence-electron chi connectivity index (χ2n) is 6.71. The maximum absolute atomic E-state index is 12.5. The SMILES string of the molecule is C=CC[C@]12CC=CC(=O)[C@@]1(O)O[C@@H](c1ccc(OC)c(OC)c1)[C@H]2C. The van der Waals surface area contributed by atoms with Gasteiger partial charge in [0.15, 0.2) is 11.5 Å². The molecule has 1 aliphatic heterocycles. The lowest BCUT2D eigenvalue weighted by Gasteiger charge is -2.42. The van der Waals surface area contributed by atoms with Crippen molar-refractivity contribution in [3.63, 3.8) is 0 Å². The zero-order chi connectivity index (χ0) is 18.2. The third-order valence-corrected chi connectivity index (χ3v) is 5.63. The largest absolute Gasteiger partial charge is 0.493 e. The normalized spacial score (nSPS) is 33.8. The molecular weight excluding hydrogens is 320 g/mol. The zero-order valence-corrected chi connectivity index (χ0v) is 14.8. The monoisotopic (exact) mass is 344 g/mol. The van der Waals surface area contributed by atoms with Gasteiger partial charge in [-0.3, -0.25) is 4.79 Å². The quantitative estimate of drug-likeness (QED) is 0.831. The van der Waals surface area contributed by atoms with Crippen LogP contribution < -0.4 is 9.47 Å². The number of fused-ring (bicyclic) bond motifs is 1. The fourth-order valence-electron chi connectivity index (χ4n) is 4.17. The van der Waals surface area contributed by atoms with Gasteiger partial charge >= 0.3 is 0 Å². The first-order valence-corrected chi connectivity index (χ1v) is 8.37. The average Bonchev–Trinajstić information content (AvgIpc) is 2.85. The van der Waals surface area contributed by atoms with Crippen LogP contribution in [0.1, 0.15) is 31.4 Å². The van der Waals surface area contributed by atoms with Crippen molar-refractivity contribution in [3.8, 4) is 11.5 Å². The van der Waals surface area contributed by atoms with Gasteiger partial charge in [0.1, 0.15) is 0 Å². The summed E-state index contributed by atoms with van der Waals surface area (Å²) in [5.74, 6) is -1.14. The van der Waals surface area contributed by atoms with E-state index in [4.69, 9.17) is 14.2 Å². The number of carbonyl (C=O) groups excluding carboxylic acids is 1. The molecule has 0 unspecified atom stereocenters. The molecule has 5 heteroatoms. The second-order valence-corrected chi connectivity index (χ2v) is 6.71. The van der Waals surface area contributed by atoms with Gasteiger partial charge in [0.2, 0.25) is 11.6 Å². The zero-order valence-electron chi connectivity index (χ0n) is 14.8. The molecule has 1 heterocycles. The first-order valence-electron chi connectivity index (χ1n) is 8.37. The lowest BCUT2D eigenvalue weighted by atomic mass is 9.62. The highest BCUT2D eigenvalue weighted by atomic mass is 16.6. The van der Waals surface area contributed by atoms with E-state index in [0.717, 1.165) is 5.56 Å². The Morgan fingerprint density at radius 3 is 2.72 bits per heavy atom. The molecular formula is C20H24O5. The molecule has 1 fully saturated rings. The molecule has 2 aliphatic rings. The van der Waals surface area contributed by atoms with Crippen LogP contribution in [0.2, 0.25) is 0 Å². The van der Waals surface area contributed by atoms with Crippen LogP contribution in [0.25, 0.3) is 0 Å². The van der Waals surface area contributed by atoms with Crippen molar-refractivity contribution >= 4 is 5.78 Å². The standard InChI is InChI=1S/C20H24O5/c1-5-10-19-11-6-7-17(21)20(19,22)25-18(13(19)2)14-8-9-15(23-3)16(12-14)24-4/h5-9,12-13,18,22H,1,10-11H2,2-4H3/t13-,18-,19-,20-/m1/s1. The highest BCUT2D eigenvalue weighted by Gasteiger charge is 2.66. The Kier molecular flexibility index (Phi) is 4.47. The smallest absolute Gasteiger partial charge is 0.237 e. The number of hydrogen-bond acceptors (Lipinski definition) is 5. The van der Waals surface area contributed by atoms with Crippen LogP contribution in [0.15, 0.2) is 43.0 Å². The molecule has 0 spiro atoms. The third-order valence-electron chi connectivity index (χ3n) is 5.63. The van der Waals surface area contributed by atoms with Gasteiger partial charge < -0.3 is 19.3 Å². The lowest BCUT2D eigenvalue weighted by molar-refractivity contribution is -0.229. The van der Waals surface area contributed by atoms with Crippen LogP contribution in [0, 0.1) is 11.3 Å². The molecule has 0 saturated carbocycles. The topological polar surface area (TPSA) is 65.0 Å². The minimum absolute atomic E-state index is 0.0949. The lowest BCUT2D eigenvalue weighted by Crippen LogP contribution is -2.54. The van der Waals surface area contributed by atoms with Crippen LogP contribution in [-0.4, -0.2) is 30.9 Å². The van der Waals surface area contributed by atoms with Crippen molar-refractivity contribution in [2.24, 2.45) is 11.3 Å². The second kappa shape index (κ2) is 6.32. The number of hydrogen-bond donors (Lipinski definition) is 1. The van der Waals surface area contributed by atoms with E-state index < -0.39 is 23.1 Å². The first kappa shape index (κ1) is 17.7. The van der Waals surface area contributed by atoms with E-state index in [-0.39, 0.29) is 5.92 Å². The summed E-state index contributed by atoms with van der Waals surface area (Å²) in [5, 5.41) is 11.2. The van der Waals surface area contributed by atoms with E-state index in [2.05, 4.69) is 6.58 Å². The fraction of sp³-hybridized carbons (Fsp3) is 0.450. The van der Waals surface area contributed by atoms with Crippen LogP contribution in [0.5, 0.6) is 11.5 Å². The number of benzene rings is 1. The van der Waals surface area contributed by atoms with Crippen LogP contribution >= 0.6 is 0 Å². The molecule has 1 aromatic rings. The van der Waals surface area contributed by atoms with Crippen molar-refractivity contribution < 1.29 is 24.1 Å². The van der Waals surface area contributed by atoms with Crippen molar-refractivity contribution in [2.45, 2.75) is 31.7 Å². The molecule has 0 bridgehead atoms. The van der Waals surface area contributed by atoms with Crippen LogP contribution in [0.4, 0.5) is 0 Å². The van der Waals surface area contributed by atoms with Gasteiger partial charge in [-0.2, -0.15) is 0 Å². The number of rotatable bonds is 5. The molecule has 1 N–H and O–H groups in total. The highest BCUT2D eigenvalue weighted by Crippen LogP contribution is 2.61. The molecule has 1 saturated heterocycles. The molecule has 0 radical (unpaired) electrons. The molecule has 0 aromatic heterocycles. The Balaban J connectivity index is 2.06. The van der Waals surface area contributed by atoms with Crippen molar-refractivity contribution in [3.05, 3.63) is 48.6 Å². The average molecular weight is 344 g/mol. The minimum Gasteiger partial charge on any atom is -0.493 e. The predicted octanol–water partition coefficient (Wildman–Crippen LogP) is 3.19. The van der Waals surface area contributed by atoms with Crippen molar-refractivity contribution in [2.75, 3.05) is 14.2 Å². The Labute approximate surface area is 147 Å². The van der Waals surface area contributed by atoms with Gasteiger partial charge in [0, 0.05) is 5.41 Å². The van der Waals surface area contributed by atoms with E-state index in [1.54, 1.807) is 26.4 Å². The molecule has 25 heavy (non-hydrogen) atoms. The van der Waals surface area contributed by atoms with Gasteiger partial charge in [-0.25, -0.2) is 0 Å². The molecule has 1 aromatic carbocycles. The maximum atomic E-state index is 12.5. The molecule has 4 atom stereocenters. The predicted molar refractivity (Wildman–Crippen MR) is 93.5 cm³/mol. The van der Waals surface area contributed by atoms with E-state index >= 15 is 0 Å². The number of carbonyl (C=O) groups is 1. The van der Waals surface area contributed by atoms with Gasteiger partial charge in [-0.05, 0) is 42.5 Å². The summed E-state index contributed by atoms with van der Waals surface area (Å²) in [4.78, 5) is 12.5. The van der Waals surface area contributed by atoms with Gasteiger partial charge in [-0.1, -0.05) is 25.1 Å². The summed E-state index contributed by atoms with van der Waals surface area (Å²) < 4.78 is 16.7. The van der Waals surface area contributed by atoms with Crippen LogP contribution in [0.3, 0.4) is 0 Å². The number of aliphatic hydroxyl groups is 1. The van der Waals surface area contributed by atoms with E-state index in [0.29, 0.717) is 24.3 Å². The Morgan fingerprint density at radius 2 is 2.08 bits per heavy atom. The van der Waals surface area contributed by atoms with Crippen LogP contribution in [-0.2, 0) is 9.53 Å². The van der Waals surface area contributed by atoms with E-state index in [1.807, 2.05) is 25.1 Å². The number of methoxy groups -OCH3 is 2. The number of ether oxygens (including phenoxy) is 3. The van der Waals surface area contributed by atoms with Gasteiger partial charge in [-0.15, -0.1) is 6.58 Å². The molecule has 0 amide bonds. The summed E-state index contributed by atoms with van der Waals surface area (Å²) >= 11 is 0. The number of ketones is 1. The molecule has 5 nitrogen and oxygen atoms in total. The maximum Gasteiger partial charge on any atom is 0.237 e. The Hall–Kier alpha value is -2.11. The van der Waals surface area contributed by atoms with E-state index in [9.17, 15) is 9.90 Å². The third kappa shape index (κ3) is 2.41. The first-order chi connectivity index (χ1) is 11.9.